The van der Waals surface area contributed by atoms with E-state index in [1.54, 1.807) is 18.7 Å². The van der Waals surface area contributed by atoms with E-state index in [2.05, 4.69) is 35.8 Å². The van der Waals surface area contributed by atoms with Gasteiger partial charge in [-0.3, -0.25) is 0 Å². The Labute approximate surface area is 165 Å². The lowest BCUT2D eigenvalue weighted by atomic mass is 10.2. The summed E-state index contributed by atoms with van der Waals surface area (Å²) in [6.45, 7) is 1.62. The Kier molecular flexibility index (Phi) is 4.41. The number of fused-ring (bicyclic) bond motifs is 1. The van der Waals surface area contributed by atoms with E-state index in [1.807, 2.05) is 30.3 Å². The van der Waals surface area contributed by atoms with E-state index in [0.29, 0.717) is 42.8 Å². The summed E-state index contributed by atoms with van der Waals surface area (Å²) in [6, 6.07) is 9.48. The lowest BCUT2D eigenvalue weighted by molar-refractivity contribution is 0.171. The maximum atomic E-state index is 5.79. The van der Waals surface area contributed by atoms with Crippen LogP contribution in [0.2, 0.25) is 0 Å². The molecule has 0 atom stereocenters. The molecular weight excluding hydrogens is 374 g/mol. The number of hydrogen-bond acceptors (Lipinski definition) is 9. The van der Waals surface area contributed by atoms with Gasteiger partial charge in [0.25, 0.3) is 5.89 Å². The van der Waals surface area contributed by atoms with Gasteiger partial charge in [-0.15, -0.1) is 5.10 Å². The first-order valence-corrected chi connectivity index (χ1v) is 9.02. The van der Waals surface area contributed by atoms with Crippen molar-refractivity contribution in [2.75, 3.05) is 23.8 Å². The van der Waals surface area contributed by atoms with Gasteiger partial charge in [0.05, 0.1) is 24.1 Å². The average Bonchev–Trinajstić information content (AvgIpc) is 3.45. The summed E-state index contributed by atoms with van der Waals surface area (Å²) in [6.07, 6.45) is 5.07. The molecule has 146 valence electrons. The van der Waals surface area contributed by atoms with Gasteiger partial charge in [-0.1, -0.05) is 5.10 Å². The largest absolute Gasteiger partial charge is 0.486 e. The number of ether oxygens (including phenoxy) is 2. The average molecular weight is 391 g/mol. The molecule has 3 aromatic heterocycles. The van der Waals surface area contributed by atoms with E-state index in [1.165, 1.54) is 0 Å². The number of rotatable bonds is 6. The summed E-state index contributed by atoms with van der Waals surface area (Å²) in [7, 11) is 0. The fourth-order valence-corrected chi connectivity index (χ4v) is 2.91. The van der Waals surface area contributed by atoms with Gasteiger partial charge in [-0.25, -0.2) is 9.97 Å². The minimum Gasteiger partial charge on any atom is -0.486 e. The molecule has 0 bridgehead atoms. The number of pyridine rings is 1. The van der Waals surface area contributed by atoms with Crippen molar-refractivity contribution in [2.24, 2.45) is 0 Å². The maximum absolute atomic E-state index is 5.79. The normalized spacial score (nSPS) is 12.6. The monoisotopic (exact) mass is 391 g/mol. The van der Waals surface area contributed by atoms with Crippen LogP contribution in [0.15, 0.2) is 53.5 Å². The van der Waals surface area contributed by atoms with Crippen LogP contribution in [-0.4, -0.2) is 38.4 Å². The molecule has 10 heteroatoms. The zero-order chi connectivity index (χ0) is 19.5. The van der Waals surface area contributed by atoms with Crippen LogP contribution in [0, 0.1) is 0 Å². The highest BCUT2D eigenvalue weighted by molar-refractivity contribution is 5.69. The van der Waals surface area contributed by atoms with Crippen LogP contribution in [0.1, 0.15) is 5.69 Å². The third-order valence-corrected chi connectivity index (χ3v) is 4.26. The third kappa shape index (κ3) is 3.68. The molecule has 0 fully saturated rings. The van der Waals surface area contributed by atoms with Crippen LogP contribution < -0.4 is 20.1 Å². The molecule has 1 aliphatic heterocycles. The van der Waals surface area contributed by atoms with Crippen molar-refractivity contribution in [3.8, 4) is 23.0 Å². The summed E-state index contributed by atoms with van der Waals surface area (Å²) >= 11 is 0. The van der Waals surface area contributed by atoms with E-state index in [9.17, 15) is 0 Å². The van der Waals surface area contributed by atoms with E-state index >= 15 is 0 Å². The van der Waals surface area contributed by atoms with Crippen molar-refractivity contribution in [2.45, 2.75) is 6.54 Å². The van der Waals surface area contributed by atoms with Crippen LogP contribution in [0.5, 0.6) is 11.5 Å². The molecule has 0 amide bonds. The third-order valence-electron chi connectivity index (χ3n) is 4.26. The van der Waals surface area contributed by atoms with Gasteiger partial charge in [0.15, 0.2) is 11.5 Å². The highest BCUT2D eigenvalue weighted by atomic mass is 16.6. The number of nitrogens with one attached hydrogen (secondary N) is 3. The summed E-state index contributed by atoms with van der Waals surface area (Å²) < 4.78 is 16.9. The van der Waals surface area contributed by atoms with Crippen LogP contribution >= 0.6 is 0 Å². The summed E-state index contributed by atoms with van der Waals surface area (Å²) in [4.78, 5) is 11.4. The second-order valence-electron chi connectivity index (χ2n) is 6.23. The number of hydrogen-bond donors (Lipinski definition) is 3. The van der Waals surface area contributed by atoms with Crippen molar-refractivity contribution in [3.63, 3.8) is 0 Å². The zero-order valence-corrected chi connectivity index (χ0v) is 15.3. The van der Waals surface area contributed by atoms with Gasteiger partial charge in [-0.05, 0) is 24.3 Å². The first-order valence-electron chi connectivity index (χ1n) is 9.02. The maximum Gasteiger partial charge on any atom is 0.320 e. The number of imidazole rings is 1. The van der Waals surface area contributed by atoms with Gasteiger partial charge in [0, 0.05) is 24.1 Å². The number of aromatic nitrogens is 5. The molecule has 1 aliphatic rings. The topological polar surface area (TPSA) is 123 Å². The molecule has 0 spiro atoms. The molecule has 0 unspecified atom stereocenters. The van der Waals surface area contributed by atoms with Crippen LogP contribution in [0.25, 0.3) is 11.5 Å². The number of nitrogens with zero attached hydrogens (tertiary/aromatic N) is 4. The molecule has 0 radical (unpaired) electrons. The predicted molar refractivity (Wildman–Crippen MR) is 104 cm³/mol. The minimum atomic E-state index is 0.264. The Bertz CT molecular complexity index is 1110. The Morgan fingerprint density at radius 1 is 1.07 bits per heavy atom. The van der Waals surface area contributed by atoms with Crippen molar-refractivity contribution in [1.29, 1.82) is 0 Å². The predicted octanol–water partition coefficient (Wildman–Crippen LogP) is 2.98. The van der Waals surface area contributed by atoms with Gasteiger partial charge < -0.3 is 29.5 Å². The van der Waals surface area contributed by atoms with Crippen molar-refractivity contribution in [1.82, 2.24) is 25.1 Å². The van der Waals surface area contributed by atoms with E-state index in [4.69, 9.17) is 13.9 Å². The lowest BCUT2D eigenvalue weighted by Crippen LogP contribution is -2.15. The van der Waals surface area contributed by atoms with Gasteiger partial charge in [-0.2, -0.15) is 0 Å². The van der Waals surface area contributed by atoms with Crippen molar-refractivity contribution < 1.29 is 13.9 Å². The highest BCUT2D eigenvalue weighted by Gasteiger charge is 2.16. The Morgan fingerprint density at radius 2 is 2.00 bits per heavy atom. The van der Waals surface area contributed by atoms with Crippen molar-refractivity contribution in [3.05, 3.63) is 54.7 Å². The van der Waals surface area contributed by atoms with E-state index in [0.717, 1.165) is 17.1 Å². The van der Waals surface area contributed by atoms with Crippen molar-refractivity contribution >= 4 is 17.5 Å². The van der Waals surface area contributed by atoms with Crippen LogP contribution in [0.3, 0.4) is 0 Å². The summed E-state index contributed by atoms with van der Waals surface area (Å²) in [5, 5.41) is 14.6. The Morgan fingerprint density at radius 3 is 2.90 bits per heavy atom. The van der Waals surface area contributed by atoms with Crippen LogP contribution in [0.4, 0.5) is 17.5 Å². The molecule has 10 nitrogen and oxygen atoms in total. The fraction of sp³-hybridized carbons (Fsp3) is 0.158. The standard InChI is InChI=1S/C19H17N7O3/c1-2-14(17(21-5-1)22-10-13-9-20-11-23-13)18-25-26-19(29-18)24-12-3-4-15-16(8-12)28-7-6-27-15/h1-5,8-9,11H,6-7,10H2,(H,20,23)(H,21,22)(H,24,26). The molecule has 0 saturated carbocycles. The molecule has 5 rings (SSSR count). The number of anilines is 3. The molecule has 4 heterocycles. The fourth-order valence-electron chi connectivity index (χ4n) is 2.91. The lowest BCUT2D eigenvalue weighted by Gasteiger charge is -2.18. The van der Waals surface area contributed by atoms with Gasteiger partial charge in [0.2, 0.25) is 0 Å². The second-order valence-corrected chi connectivity index (χ2v) is 6.23. The first-order chi connectivity index (χ1) is 14.3. The minimum absolute atomic E-state index is 0.264. The van der Waals surface area contributed by atoms with Gasteiger partial charge >= 0.3 is 6.01 Å². The molecule has 0 saturated heterocycles. The molecule has 1 aromatic carbocycles. The summed E-state index contributed by atoms with van der Waals surface area (Å²) in [5.41, 5.74) is 2.40. The number of aromatic amines is 1. The smallest absolute Gasteiger partial charge is 0.320 e. The van der Waals surface area contributed by atoms with Gasteiger partial charge in [0.1, 0.15) is 19.0 Å². The quantitative estimate of drug-likeness (QED) is 0.455. The van der Waals surface area contributed by atoms with E-state index < -0.39 is 0 Å². The molecule has 29 heavy (non-hydrogen) atoms. The highest BCUT2D eigenvalue weighted by Crippen LogP contribution is 2.34. The second kappa shape index (κ2) is 7.50. The number of H-pyrrole nitrogens is 1. The molecule has 4 aromatic rings. The SMILES string of the molecule is c1cnc(NCc2cnc[nH]2)c(-c2nnc(Nc3ccc4c(c3)OCCO4)o2)c1. The Balaban J connectivity index is 1.34. The van der Waals surface area contributed by atoms with E-state index in [-0.39, 0.29) is 6.01 Å². The molecule has 0 aliphatic carbocycles. The molecular formula is C19H17N7O3. The van der Waals surface area contributed by atoms with Crippen LogP contribution in [-0.2, 0) is 6.54 Å². The molecule has 3 N–H and O–H groups in total. The zero-order valence-electron chi connectivity index (χ0n) is 15.3. The first kappa shape index (κ1) is 17.0. The Hall–Kier alpha value is -4.08. The summed E-state index contributed by atoms with van der Waals surface area (Å²) in [5.74, 6) is 2.39. The number of benzene rings is 1.